The van der Waals surface area contributed by atoms with Crippen molar-refractivity contribution >= 4 is 75.9 Å². The molecule has 316 valence electrons. The van der Waals surface area contributed by atoms with E-state index in [1.807, 2.05) is 0 Å². The fourth-order valence-corrected chi connectivity index (χ4v) is 11.1. The Balaban J connectivity index is 0.834. The molecule has 0 saturated heterocycles. The normalized spacial score (nSPS) is 11.8. The van der Waals surface area contributed by atoms with Gasteiger partial charge in [0.25, 0.3) is 0 Å². The van der Waals surface area contributed by atoms with Crippen LogP contribution in [0.25, 0.3) is 132 Å². The Hall–Kier alpha value is -8.98. The summed E-state index contributed by atoms with van der Waals surface area (Å²) in [7, 11) is 0. The molecule has 0 unspecified atom stereocenters. The van der Waals surface area contributed by atoms with E-state index in [0.29, 0.717) is 0 Å². The topological polar surface area (TPSA) is 9.86 Å². The average Bonchev–Trinajstić information content (AvgIpc) is 3.93. The first-order valence-electron chi connectivity index (χ1n) is 23.5. The maximum Gasteiger partial charge on any atom is 0.0541 e. The second kappa shape index (κ2) is 15.3. The molecule has 0 amide bonds. The van der Waals surface area contributed by atoms with Crippen molar-refractivity contribution in [1.82, 2.24) is 9.13 Å². The molecule has 0 aliphatic rings. The summed E-state index contributed by atoms with van der Waals surface area (Å²) in [6.07, 6.45) is 0. The standard InChI is InChI=1S/C66H42N2/c1-3-19-51(20-4-1)67-63-27-11-9-25-57(63)61-41-49(31-35-65(61)67)45-17-13-15-43(37-45)47-29-33-55-56-34-30-48(40-60(56)54-24-8-7-23-53(54)59(55)39-47)44-16-14-18-46(38-44)50-32-36-66-62(42-50)58-26-10-12-28-64(58)68(66)52-21-5-2-6-22-52/h1-42H. The SMILES string of the molecule is c1ccc(-n2c3ccccc3c3cc(-c4cccc(-c5ccc6c7ccc(-c8cccc(-c9ccc%10c(c9)c9ccccc9n%10-c9ccccc9)c8)cc7c7ccccc7c6c5)c4)ccc32)cc1. The maximum absolute atomic E-state index is 2.40. The number of benzene rings is 12. The minimum absolute atomic E-state index is 1.17. The third-order valence-electron chi connectivity index (χ3n) is 14.3. The lowest BCUT2D eigenvalue weighted by Gasteiger charge is -2.14. The fraction of sp³-hybridized carbons (Fsp3) is 0. The highest BCUT2D eigenvalue weighted by Gasteiger charge is 2.17. The van der Waals surface area contributed by atoms with Gasteiger partial charge in [-0.1, -0.05) is 170 Å². The lowest BCUT2D eigenvalue weighted by molar-refractivity contribution is 1.18. The molecule has 12 aromatic carbocycles. The van der Waals surface area contributed by atoms with Gasteiger partial charge in [-0.25, -0.2) is 0 Å². The molecule has 14 aromatic rings. The van der Waals surface area contributed by atoms with Crippen LogP contribution in [-0.4, -0.2) is 9.13 Å². The van der Waals surface area contributed by atoms with Crippen LogP contribution in [0.2, 0.25) is 0 Å². The van der Waals surface area contributed by atoms with Crippen molar-refractivity contribution in [3.8, 4) is 55.9 Å². The van der Waals surface area contributed by atoms with Crippen molar-refractivity contribution in [2.45, 2.75) is 0 Å². The van der Waals surface area contributed by atoms with Crippen molar-refractivity contribution in [3.05, 3.63) is 255 Å². The predicted molar refractivity (Wildman–Crippen MR) is 289 cm³/mol. The molecule has 0 aliphatic carbocycles. The van der Waals surface area contributed by atoms with Crippen LogP contribution in [0.1, 0.15) is 0 Å². The van der Waals surface area contributed by atoms with Gasteiger partial charge in [-0.3, -0.25) is 0 Å². The molecular weight excluding hydrogens is 821 g/mol. The fourth-order valence-electron chi connectivity index (χ4n) is 11.1. The van der Waals surface area contributed by atoms with E-state index in [4.69, 9.17) is 0 Å². The first-order chi connectivity index (χ1) is 33.7. The van der Waals surface area contributed by atoms with Crippen LogP contribution in [-0.2, 0) is 0 Å². The van der Waals surface area contributed by atoms with Crippen molar-refractivity contribution in [2.75, 3.05) is 0 Å². The number of aromatic nitrogens is 2. The first kappa shape index (κ1) is 38.3. The van der Waals surface area contributed by atoms with Crippen LogP contribution in [0, 0.1) is 0 Å². The third kappa shape index (κ3) is 6.05. The second-order valence-corrected chi connectivity index (χ2v) is 18.1. The third-order valence-corrected chi connectivity index (χ3v) is 14.3. The van der Waals surface area contributed by atoms with Crippen LogP contribution in [0.5, 0.6) is 0 Å². The van der Waals surface area contributed by atoms with E-state index < -0.39 is 0 Å². The molecule has 0 saturated carbocycles. The lowest BCUT2D eigenvalue weighted by atomic mass is 9.89. The maximum atomic E-state index is 2.40. The van der Waals surface area contributed by atoms with E-state index in [1.54, 1.807) is 0 Å². The lowest BCUT2D eigenvalue weighted by Crippen LogP contribution is -1.92. The van der Waals surface area contributed by atoms with E-state index in [-0.39, 0.29) is 0 Å². The zero-order chi connectivity index (χ0) is 44.7. The Kier molecular flexibility index (Phi) is 8.62. The van der Waals surface area contributed by atoms with E-state index in [1.165, 1.54) is 132 Å². The number of fused-ring (bicyclic) bond motifs is 12. The molecule has 0 spiro atoms. The summed E-state index contributed by atoms with van der Waals surface area (Å²) in [6.45, 7) is 0. The van der Waals surface area contributed by atoms with E-state index in [2.05, 4.69) is 264 Å². The molecule has 2 nitrogen and oxygen atoms in total. The average molecular weight is 863 g/mol. The highest BCUT2D eigenvalue weighted by molar-refractivity contribution is 6.26. The Bertz CT molecular complexity index is 4010. The summed E-state index contributed by atoms with van der Waals surface area (Å²) in [5.41, 5.74) is 16.9. The smallest absolute Gasteiger partial charge is 0.0541 e. The Morgan fingerprint density at radius 1 is 0.162 bits per heavy atom. The molecule has 0 atom stereocenters. The van der Waals surface area contributed by atoms with Gasteiger partial charge in [0.1, 0.15) is 0 Å². The summed E-state index contributed by atoms with van der Waals surface area (Å²) >= 11 is 0. The van der Waals surface area contributed by atoms with Gasteiger partial charge in [0, 0.05) is 32.9 Å². The minimum atomic E-state index is 1.17. The zero-order valence-electron chi connectivity index (χ0n) is 37.1. The van der Waals surface area contributed by atoms with Crippen molar-refractivity contribution in [3.63, 3.8) is 0 Å². The number of hydrogen-bond donors (Lipinski definition) is 0. The van der Waals surface area contributed by atoms with Crippen LogP contribution in [0.4, 0.5) is 0 Å². The van der Waals surface area contributed by atoms with Gasteiger partial charge in [0.05, 0.1) is 22.1 Å². The molecule has 0 radical (unpaired) electrons. The summed E-state index contributed by atoms with van der Waals surface area (Å²) in [5, 5.41) is 12.6. The van der Waals surface area contributed by atoms with Crippen LogP contribution >= 0.6 is 0 Å². The first-order valence-corrected chi connectivity index (χ1v) is 23.5. The molecule has 0 bridgehead atoms. The minimum Gasteiger partial charge on any atom is -0.309 e. The Morgan fingerprint density at radius 3 is 0.868 bits per heavy atom. The van der Waals surface area contributed by atoms with Crippen molar-refractivity contribution < 1.29 is 0 Å². The van der Waals surface area contributed by atoms with E-state index >= 15 is 0 Å². The van der Waals surface area contributed by atoms with Crippen LogP contribution in [0.3, 0.4) is 0 Å². The van der Waals surface area contributed by atoms with Gasteiger partial charge in [0.2, 0.25) is 0 Å². The molecule has 2 heteroatoms. The Labute approximate surface area is 393 Å². The molecule has 2 heterocycles. The quantitative estimate of drug-likeness (QED) is 0.147. The number of rotatable bonds is 6. The van der Waals surface area contributed by atoms with E-state index in [0.717, 1.165) is 0 Å². The summed E-state index contributed by atoms with van der Waals surface area (Å²) in [5.74, 6) is 0. The molecule has 14 rings (SSSR count). The Morgan fingerprint density at radius 2 is 0.456 bits per heavy atom. The second-order valence-electron chi connectivity index (χ2n) is 18.1. The van der Waals surface area contributed by atoms with Crippen molar-refractivity contribution in [1.29, 1.82) is 0 Å². The molecule has 2 aromatic heterocycles. The monoisotopic (exact) mass is 862 g/mol. The van der Waals surface area contributed by atoms with Crippen LogP contribution < -0.4 is 0 Å². The molecule has 0 fully saturated rings. The number of hydrogen-bond acceptors (Lipinski definition) is 0. The largest absolute Gasteiger partial charge is 0.309 e. The summed E-state index contributed by atoms with van der Waals surface area (Å²) < 4.78 is 4.75. The molecule has 0 aliphatic heterocycles. The summed E-state index contributed by atoms with van der Waals surface area (Å²) in [4.78, 5) is 0. The predicted octanol–water partition coefficient (Wildman–Crippen LogP) is 18.0. The van der Waals surface area contributed by atoms with Gasteiger partial charge >= 0.3 is 0 Å². The van der Waals surface area contributed by atoms with Crippen LogP contribution in [0.15, 0.2) is 255 Å². The van der Waals surface area contributed by atoms with E-state index in [9.17, 15) is 0 Å². The van der Waals surface area contributed by atoms with Gasteiger partial charge in [-0.2, -0.15) is 0 Å². The van der Waals surface area contributed by atoms with Gasteiger partial charge in [-0.05, 0) is 162 Å². The van der Waals surface area contributed by atoms with Gasteiger partial charge in [0.15, 0.2) is 0 Å². The molecule has 0 N–H and O–H groups in total. The number of nitrogens with zero attached hydrogens (tertiary/aromatic N) is 2. The zero-order valence-corrected chi connectivity index (χ0v) is 37.1. The van der Waals surface area contributed by atoms with Gasteiger partial charge < -0.3 is 9.13 Å². The highest BCUT2D eigenvalue weighted by atomic mass is 15.0. The number of para-hydroxylation sites is 4. The van der Waals surface area contributed by atoms with Gasteiger partial charge in [-0.15, -0.1) is 0 Å². The highest BCUT2D eigenvalue weighted by Crippen LogP contribution is 2.42. The van der Waals surface area contributed by atoms with Crippen molar-refractivity contribution in [2.24, 2.45) is 0 Å². The molecular formula is C66H42N2. The summed E-state index contributed by atoms with van der Waals surface area (Å²) in [6, 6.07) is 93.7. The molecule has 68 heavy (non-hydrogen) atoms.